The van der Waals surface area contributed by atoms with Crippen molar-refractivity contribution < 1.29 is 4.79 Å². The number of amides is 1. The third-order valence-corrected chi connectivity index (χ3v) is 2.26. The highest BCUT2D eigenvalue weighted by molar-refractivity contribution is 5.46. The molecular formula is C10H20NO. The Kier molecular flexibility index (Phi) is 8.19. The Morgan fingerprint density at radius 3 is 2.58 bits per heavy atom. The fourth-order valence-electron chi connectivity index (χ4n) is 1.32. The van der Waals surface area contributed by atoms with Gasteiger partial charge in [-0.1, -0.05) is 39.5 Å². The predicted octanol–water partition coefficient (Wildman–Crippen LogP) is 2.25. The van der Waals surface area contributed by atoms with Crippen LogP contribution in [0.2, 0.25) is 0 Å². The summed E-state index contributed by atoms with van der Waals surface area (Å²) < 4.78 is 0. The lowest BCUT2D eigenvalue weighted by Crippen LogP contribution is -2.20. The molecule has 0 aromatic heterocycles. The molecule has 0 rings (SSSR count). The van der Waals surface area contributed by atoms with Gasteiger partial charge in [0.05, 0.1) is 0 Å². The van der Waals surface area contributed by atoms with E-state index in [0.29, 0.717) is 5.92 Å². The molecule has 0 aromatic rings. The number of unbranched alkanes of at least 4 members (excludes halogenated alkanes) is 2. The first-order valence-corrected chi connectivity index (χ1v) is 4.95. The minimum atomic E-state index is 0.651. The molecule has 0 saturated carbocycles. The molecule has 2 heteroatoms. The first-order chi connectivity index (χ1) is 5.85. The summed E-state index contributed by atoms with van der Waals surface area (Å²) in [5, 5.41) is 2.62. The van der Waals surface area contributed by atoms with Crippen LogP contribution >= 0.6 is 0 Å². The van der Waals surface area contributed by atoms with Gasteiger partial charge < -0.3 is 5.32 Å². The second-order valence-corrected chi connectivity index (χ2v) is 3.25. The Balaban J connectivity index is 3.32. The fourth-order valence-corrected chi connectivity index (χ4v) is 1.32. The maximum absolute atomic E-state index is 9.92. The van der Waals surface area contributed by atoms with E-state index in [1.165, 1.54) is 25.7 Å². The van der Waals surface area contributed by atoms with Crippen molar-refractivity contribution in [1.29, 1.82) is 0 Å². The highest BCUT2D eigenvalue weighted by Gasteiger charge is 2.04. The van der Waals surface area contributed by atoms with Crippen molar-refractivity contribution in [2.24, 2.45) is 5.92 Å². The van der Waals surface area contributed by atoms with Gasteiger partial charge in [0.15, 0.2) is 0 Å². The van der Waals surface area contributed by atoms with Crippen molar-refractivity contribution in [2.45, 2.75) is 46.0 Å². The monoisotopic (exact) mass is 170 g/mol. The van der Waals surface area contributed by atoms with Gasteiger partial charge in [0.2, 0.25) is 0 Å². The quantitative estimate of drug-likeness (QED) is 0.439. The third kappa shape index (κ3) is 6.20. The molecule has 2 nitrogen and oxygen atoms in total. The maximum atomic E-state index is 9.92. The van der Waals surface area contributed by atoms with E-state index in [1.807, 2.05) is 0 Å². The molecule has 1 unspecified atom stereocenters. The second kappa shape index (κ2) is 8.57. The Morgan fingerprint density at radius 1 is 1.33 bits per heavy atom. The summed E-state index contributed by atoms with van der Waals surface area (Å²) in [4.78, 5) is 9.92. The first-order valence-electron chi connectivity index (χ1n) is 4.95. The van der Waals surface area contributed by atoms with Crippen LogP contribution in [0.5, 0.6) is 0 Å². The van der Waals surface area contributed by atoms with Gasteiger partial charge in [-0.15, -0.1) is 0 Å². The number of nitrogens with one attached hydrogen (secondary N) is 1. The molecule has 1 N–H and O–H groups in total. The number of carbonyl (C=O) groups excluding carboxylic acids is 1. The molecule has 1 radical (unpaired) electrons. The SMILES string of the molecule is CCCCCC(CC)CN[C]=O. The standard InChI is InChI=1S/C10H20NO/c1-3-5-6-7-10(4-2)8-11-9-12/h10H,3-8H2,1-2H3,(H,11,12). The van der Waals surface area contributed by atoms with E-state index in [-0.39, 0.29) is 0 Å². The summed E-state index contributed by atoms with van der Waals surface area (Å²) in [6.45, 7) is 5.17. The zero-order valence-electron chi connectivity index (χ0n) is 8.23. The molecule has 0 fully saturated rings. The van der Waals surface area contributed by atoms with E-state index in [0.717, 1.165) is 13.0 Å². The Morgan fingerprint density at radius 2 is 2.08 bits per heavy atom. The van der Waals surface area contributed by atoms with Crippen molar-refractivity contribution in [3.8, 4) is 0 Å². The molecule has 0 bridgehead atoms. The van der Waals surface area contributed by atoms with Gasteiger partial charge in [0.25, 0.3) is 0 Å². The van der Waals surface area contributed by atoms with Gasteiger partial charge in [-0.25, -0.2) is 0 Å². The average Bonchev–Trinajstić information content (AvgIpc) is 2.11. The summed E-state index contributed by atoms with van der Waals surface area (Å²) in [5.74, 6) is 0.651. The van der Waals surface area contributed by atoms with Crippen LogP contribution in [0.4, 0.5) is 0 Å². The summed E-state index contributed by atoms with van der Waals surface area (Å²) in [7, 11) is 0. The summed E-state index contributed by atoms with van der Waals surface area (Å²) in [5.41, 5.74) is 0. The first kappa shape index (κ1) is 11.5. The van der Waals surface area contributed by atoms with Crippen LogP contribution in [0.15, 0.2) is 0 Å². The van der Waals surface area contributed by atoms with Crippen molar-refractivity contribution in [3.05, 3.63) is 0 Å². The molecule has 12 heavy (non-hydrogen) atoms. The molecule has 0 heterocycles. The number of hydrogen-bond acceptors (Lipinski definition) is 1. The molecule has 0 spiro atoms. The normalized spacial score (nSPS) is 12.5. The smallest absolute Gasteiger partial charge is 0.309 e. The Bertz CT molecular complexity index is 104. The van der Waals surface area contributed by atoms with E-state index in [9.17, 15) is 4.79 Å². The molecular weight excluding hydrogens is 150 g/mol. The third-order valence-electron chi connectivity index (χ3n) is 2.26. The van der Waals surface area contributed by atoms with E-state index in [2.05, 4.69) is 19.2 Å². The van der Waals surface area contributed by atoms with Crippen LogP contribution in [0.1, 0.15) is 46.0 Å². The largest absolute Gasteiger partial charge is 0.348 e. The van der Waals surface area contributed by atoms with E-state index in [1.54, 1.807) is 6.41 Å². The minimum Gasteiger partial charge on any atom is -0.348 e. The van der Waals surface area contributed by atoms with E-state index in [4.69, 9.17) is 0 Å². The van der Waals surface area contributed by atoms with Gasteiger partial charge >= 0.3 is 6.41 Å². The van der Waals surface area contributed by atoms with Gasteiger partial charge in [-0.3, -0.25) is 4.79 Å². The van der Waals surface area contributed by atoms with Gasteiger partial charge in [-0.2, -0.15) is 0 Å². The van der Waals surface area contributed by atoms with Crippen molar-refractivity contribution in [3.63, 3.8) is 0 Å². The molecule has 0 aliphatic carbocycles. The van der Waals surface area contributed by atoms with Crippen LogP contribution in [0.25, 0.3) is 0 Å². The molecule has 0 aliphatic heterocycles. The highest BCUT2D eigenvalue weighted by atomic mass is 16.1. The maximum Gasteiger partial charge on any atom is 0.309 e. The lowest BCUT2D eigenvalue weighted by Gasteiger charge is -2.12. The van der Waals surface area contributed by atoms with Crippen molar-refractivity contribution in [1.82, 2.24) is 5.32 Å². The topological polar surface area (TPSA) is 29.1 Å². The Labute approximate surface area is 75.7 Å². The van der Waals surface area contributed by atoms with Gasteiger partial charge in [0, 0.05) is 6.54 Å². The van der Waals surface area contributed by atoms with E-state index < -0.39 is 0 Å². The Hall–Kier alpha value is -0.530. The van der Waals surface area contributed by atoms with Crippen LogP contribution in [-0.2, 0) is 4.79 Å². The van der Waals surface area contributed by atoms with E-state index >= 15 is 0 Å². The zero-order valence-corrected chi connectivity index (χ0v) is 8.23. The molecule has 1 amide bonds. The van der Waals surface area contributed by atoms with Crippen LogP contribution < -0.4 is 5.32 Å². The van der Waals surface area contributed by atoms with Crippen LogP contribution in [0.3, 0.4) is 0 Å². The fraction of sp³-hybridized carbons (Fsp3) is 0.900. The molecule has 0 saturated heterocycles. The summed E-state index contributed by atoms with van der Waals surface area (Å²) in [6, 6.07) is 0. The predicted molar refractivity (Wildman–Crippen MR) is 51.6 cm³/mol. The molecule has 1 atom stereocenters. The van der Waals surface area contributed by atoms with Crippen molar-refractivity contribution >= 4 is 6.41 Å². The lowest BCUT2D eigenvalue weighted by atomic mass is 9.99. The summed E-state index contributed by atoms with van der Waals surface area (Å²) >= 11 is 0. The summed E-state index contributed by atoms with van der Waals surface area (Å²) in [6.07, 6.45) is 7.97. The second-order valence-electron chi connectivity index (χ2n) is 3.25. The average molecular weight is 170 g/mol. The number of rotatable bonds is 8. The minimum absolute atomic E-state index is 0.651. The molecule has 0 aliphatic rings. The van der Waals surface area contributed by atoms with Crippen LogP contribution in [-0.4, -0.2) is 13.0 Å². The molecule has 0 aromatic carbocycles. The lowest BCUT2D eigenvalue weighted by molar-refractivity contribution is 0.432. The van der Waals surface area contributed by atoms with Crippen LogP contribution in [0, 0.1) is 5.92 Å². The van der Waals surface area contributed by atoms with Gasteiger partial charge in [0.1, 0.15) is 0 Å². The van der Waals surface area contributed by atoms with Crippen molar-refractivity contribution in [2.75, 3.05) is 6.54 Å². The molecule has 71 valence electrons. The highest BCUT2D eigenvalue weighted by Crippen LogP contribution is 2.11. The zero-order chi connectivity index (χ0) is 9.23. The van der Waals surface area contributed by atoms with Gasteiger partial charge in [-0.05, 0) is 12.3 Å². The number of hydrogen-bond donors (Lipinski definition) is 1.